The number of rotatable bonds is 1. The Morgan fingerprint density at radius 2 is 2.43 bits per heavy atom. The molecule has 0 spiro atoms. The molecule has 1 heterocycles. The molecule has 0 amide bonds. The monoisotopic (exact) mass is 183 g/mol. The molecule has 14 heavy (non-hydrogen) atoms. The Balaban J connectivity index is 3.03. The summed E-state index contributed by atoms with van der Waals surface area (Å²) in [6.07, 6.45) is 6.81. The van der Waals surface area contributed by atoms with Crippen LogP contribution in [0.3, 0.4) is 0 Å². The summed E-state index contributed by atoms with van der Waals surface area (Å²) in [4.78, 5) is 0. The molecule has 0 saturated carbocycles. The summed E-state index contributed by atoms with van der Waals surface area (Å²) in [6, 6.07) is 3.62. The Morgan fingerprint density at radius 1 is 1.64 bits per heavy atom. The smallest absolute Gasteiger partial charge is 0.152 e. The topological polar surface area (TPSA) is 49.0 Å². The van der Waals surface area contributed by atoms with Gasteiger partial charge in [-0.25, -0.2) is 0 Å². The van der Waals surface area contributed by atoms with Crippen LogP contribution in [0.4, 0.5) is 0 Å². The predicted molar refractivity (Wildman–Crippen MR) is 51.1 cm³/mol. The number of aromatic nitrogens is 1. The fourth-order valence-electron chi connectivity index (χ4n) is 1.01. The first kappa shape index (κ1) is 9.93. The number of hydrogen-bond acceptors (Lipinski definition) is 2. The number of aliphatic hydroxyl groups is 1. The molecule has 0 aliphatic rings. The highest BCUT2D eigenvalue weighted by Crippen LogP contribution is 2.06. The van der Waals surface area contributed by atoms with Crippen LogP contribution in [0.2, 0.25) is 0 Å². The van der Waals surface area contributed by atoms with Crippen LogP contribution in [0.15, 0.2) is 12.3 Å². The second kappa shape index (κ2) is 4.77. The lowest BCUT2D eigenvalue weighted by Crippen LogP contribution is -1.95. The predicted octanol–water partition coefficient (Wildman–Crippen LogP) is 0.879. The Hall–Kier alpha value is -2.15. The second-order valence-corrected chi connectivity index (χ2v) is 2.46. The fourth-order valence-corrected chi connectivity index (χ4v) is 1.01. The van der Waals surface area contributed by atoms with Crippen molar-refractivity contribution >= 4 is 0 Å². The molecular weight excluding hydrogens is 176 g/mol. The minimum atomic E-state index is 0.341. The van der Waals surface area contributed by atoms with E-state index in [1.54, 1.807) is 16.8 Å². The zero-order valence-corrected chi connectivity index (χ0v) is 7.36. The van der Waals surface area contributed by atoms with E-state index >= 15 is 0 Å². The second-order valence-electron chi connectivity index (χ2n) is 2.46. The van der Waals surface area contributed by atoms with Gasteiger partial charge in [-0.3, -0.25) is 0 Å². The van der Waals surface area contributed by atoms with Crippen molar-refractivity contribution in [3.05, 3.63) is 30.1 Å². The molecule has 1 N–H and O–H groups in total. The quantitative estimate of drug-likeness (QED) is 0.657. The van der Waals surface area contributed by atoms with Gasteiger partial charge in [0.1, 0.15) is 11.8 Å². The standard InChI is InChI=1S/C11H7N2O/c1-2-5-13-9-10(4-3-6-14)7-11(13)8-12/h1,6-7,9,14H,5H2. The first-order valence-electron chi connectivity index (χ1n) is 3.83. The number of nitriles is 1. The van der Waals surface area contributed by atoms with Gasteiger partial charge in [0.25, 0.3) is 0 Å². The van der Waals surface area contributed by atoms with Gasteiger partial charge in [-0.05, 0) is 6.07 Å². The average Bonchev–Trinajstić information content (AvgIpc) is 2.58. The highest BCUT2D eigenvalue weighted by atomic mass is 16.2. The van der Waals surface area contributed by atoms with Gasteiger partial charge < -0.3 is 9.67 Å². The van der Waals surface area contributed by atoms with Gasteiger partial charge in [-0.2, -0.15) is 5.26 Å². The number of terminal acetylenes is 1. The molecule has 0 atom stereocenters. The summed E-state index contributed by atoms with van der Waals surface area (Å²) in [5.41, 5.74) is 1.12. The normalized spacial score (nSPS) is 8.21. The summed E-state index contributed by atoms with van der Waals surface area (Å²) in [5, 5.41) is 17.1. The van der Waals surface area contributed by atoms with Gasteiger partial charge in [0.05, 0.1) is 6.54 Å². The highest BCUT2D eigenvalue weighted by molar-refractivity contribution is 5.40. The zero-order chi connectivity index (χ0) is 10.4. The third-order valence-electron chi connectivity index (χ3n) is 1.55. The maximum Gasteiger partial charge on any atom is 0.152 e. The molecule has 0 fully saturated rings. The van der Waals surface area contributed by atoms with Crippen LogP contribution in [0.25, 0.3) is 0 Å². The van der Waals surface area contributed by atoms with E-state index < -0.39 is 0 Å². The number of hydrogen-bond donors (Lipinski definition) is 1. The van der Waals surface area contributed by atoms with Crippen LogP contribution in [0, 0.1) is 42.1 Å². The van der Waals surface area contributed by atoms with E-state index in [1.165, 1.54) is 0 Å². The van der Waals surface area contributed by atoms with E-state index in [2.05, 4.69) is 17.8 Å². The van der Waals surface area contributed by atoms with E-state index in [4.69, 9.17) is 16.8 Å². The zero-order valence-electron chi connectivity index (χ0n) is 7.36. The molecule has 1 aromatic rings. The first-order chi connectivity index (χ1) is 6.81. The molecule has 3 heteroatoms. The van der Waals surface area contributed by atoms with Crippen molar-refractivity contribution < 1.29 is 5.11 Å². The fraction of sp³-hybridized carbons (Fsp3) is 0.0909. The van der Waals surface area contributed by atoms with Gasteiger partial charge in [0.2, 0.25) is 0 Å². The third-order valence-corrected chi connectivity index (χ3v) is 1.55. The van der Waals surface area contributed by atoms with Crippen molar-refractivity contribution in [3.63, 3.8) is 0 Å². The minimum absolute atomic E-state index is 0.341. The van der Waals surface area contributed by atoms with Crippen molar-refractivity contribution in [2.45, 2.75) is 6.54 Å². The van der Waals surface area contributed by atoms with Crippen LogP contribution in [-0.2, 0) is 6.54 Å². The molecule has 3 nitrogen and oxygen atoms in total. The van der Waals surface area contributed by atoms with Crippen molar-refractivity contribution in [3.8, 4) is 30.3 Å². The molecule has 1 aromatic heterocycles. The maximum atomic E-state index is 8.74. The lowest BCUT2D eigenvalue weighted by molar-refractivity contribution is 0.427. The largest absolute Gasteiger partial charge is 0.377 e. The Labute approximate surface area is 82.6 Å². The molecule has 0 saturated heterocycles. The van der Waals surface area contributed by atoms with E-state index in [9.17, 15) is 0 Å². The minimum Gasteiger partial charge on any atom is -0.377 e. The molecule has 67 valence electrons. The van der Waals surface area contributed by atoms with E-state index in [-0.39, 0.29) is 0 Å². The van der Waals surface area contributed by atoms with Crippen LogP contribution in [0.5, 0.6) is 0 Å². The number of nitrogens with zero attached hydrogens (tertiary/aromatic N) is 2. The van der Waals surface area contributed by atoms with Crippen molar-refractivity contribution in [1.29, 1.82) is 5.26 Å². The number of aliphatic hydroxyl groups excluding tert-OH is 1. The Bertz CT molecular complexity index is 460. The van der Waals surface area contributed by atoms with Crippen molar-refractivity contribution in [2.24, 2.45) is 0 Å². The molecule has 1 radical (unpaired) electrons. The molecule has 0 bridgehead atoms. The van der Waals surface area contributed by atoms with Gasteiger partial charge >= 0.3 is 0 Å². The first-order valence-corrected chi connectivity index (χ1v) is 3.83. The average molecular weight is 183 g/mol. The van der Waals surface area contributed by atoms with Crippen LogP contribution in [0.1, 0.15) is 11.3 Å². The van der Waals surface area contributed by atoms with E-state index in [0.29, 0.717) is 17.8 Å². The third kappa shape index (κ3) is 2.17. The lowest BCUT2D eigenvalue weighted by atomic mass is 10.3. The van der Waals surface area contributed by atoms with Crippen LogP contribution < -0.4 is 0 Å². The maximum absolute atomic E-state index is 8.74. The summed E-state index contributed by atoms with van der Waals surface area (Å²) in [5.74, 6) is 7.46. The molecule has 0 aliphatic heterocycles. The molecule has 1 rings (SSSR count). The molecule has 0 aromatic carbocycles. The van der Waals surface area contributed by atoms with Gasteiger partial charge in [0, 0.05) is 11.8 Å². The lowest BCUT2D eigenvalue weighted by Gasteiger charge is -1.94. The van der Waals surface area contributed by atoms with E-state index in [0.717, 1.165) is 6.61 Å². The van der Waals surface area contributed by atoms with Gasteiger partial charge in [-0.15, -0.1) is 6.42 Å². The van der Waals surface area contributed by atoms with Crippen LogP contribution >= 0.6 is 0 Å². The highest BCUT2D eigenvalue weighted by Gasteiger charge is 2.01. The molecule has 0 aliphatic carbocycles. The Morgan fingerprint density at radius 3 is 3.00 bits per heavy atom. The molecule has 0 unspecified atom stereocenters. The van der Waals surface area contributed by atoms with Crippen molar-refractivity contribution in [1.82, 2.24) is 4.57 Å². The summed E-state index contributed by atoms with van der Waals surface area (Å²) < 4.78 is 1.63. The summed E-state index contributed by atoms with van der Waals surface area (Å²) >= 11 is 0. The SMILES string of the molecule is C#CCn1cc(C#C[CH]O)cc1C#N. The Kier molecular flexibility index (Phi) is 3.39. The van der Waals surface area contributed by atoms with E-state index in [1.807, 2.05) is 6.07 Å². The summed E-state index contributed by atoms with van der Waals surface area (Å²) in [7, 11) is 0. The van der Waals surface area contributed by atoms with Crippen LogP contribution in [-0.4, -0.2) is 9.67 Å². The van der Waals surface area contributed by atoms with Gasteiger partial charge in [-0.1, -0.05) is 17.8 Å². The van der Waals surface area contributed by atoms with Gasteiger partial charge in [0.15, 0.2) is 6.61 Å². The molecular formula is C11H7N2O. The van der Waals surface area contributed by atoms with Crippen molar-refractivity contribution in [2.75, 3.05) is 0 Å². The summed E-state index contributed by atoms with van der Waals surface area (Å²) in [6.45, 7) is 1.10.